The number of ketones is 2. The average Bonchev–Trinajstić information content (AvgIpc) is 2.72. The number of carbonyl (C=O) groups excluding carboxylic acids is 2. The number of aliphatic hydroxyl groups excluding tert-OH is 1. The maximum Gasteiger partial charge on any atom is 0.280 e. The van der Waals surface area contributed by atoms with Crippen molar-refractivity contribution in [1.29, 1.82) is 0 Å². The number of carbonyl (C=O) groups is 2. The van der Waals surface area contributed by atoms with E-state index in [-0.39, 0.29) is 22.4 Å². The molecule has 6 nitrogen and oxygen atoms in total. The van der Waals surface area contributed by atoms with Crippen LogP contribution in [0.4, 0.5) is 5.69 Å². The molecule has 0 spiro atoms. The molecule has 0 bridgehead atoms. The molecule has 0 aliphatic heterocycles. The fourth-order valence-corrected chi connectivity index (χ4v) is 2.80. The minimum Gasteiger partial charge on any atom is -0.380 e. The Morgan fingerprint density at radius 2 is 1.30 bits per heavy atom. The molecule has 1 atom stereocenters. The number of hydrogen-bond donors (Lipinski definition) is 1. The molecular weight excluding hydrogens is 346 g/mol. The molecule has 1 N–H and O–H groups in total. The van der Waals surface area contributed by atoms with E-state index < -0.39 is 22.6 Å². The first kappa shape index (κ1) is 18.2. The maximum atomic E-state index is 12.9. The Kier molecular flexibility index (Phi) is 5.19. The summed E-state index contributed by atoms with van der Waals surface area (Å²) in [6, 6.07) is 19.9. The lowest BCUT2D eigenvalue weighted by molar-refractivity contribution is -0.385. The van der Waals surface area contributed by atoms with Crippen molar-refractivity contribution < 1.29 is 19.6 Å². The summed E-state index contributed by atoms with van der Waals surface area (Å²) >= 11 is 0. The lowest BCUT2D eigenvalue weighted by atomic mass is 9.92. The summed E-state index contributed by atoms with van der Waals surface area (Å²) in [7, 11) is 0. The molecule has 27 heavy (non-hydrogen) atoms. The molecule has 0 saturated heterocycles. The van der Waals surface area contributed by atoms with Crippen molar-refractivity contribution in [3.8, 4) is 0 Å². The van der Waals surface area contributed by atoms with E-state index in [0.29, 0.717) is 5.56 Å². The Morgan fingerprint density at radius 3 is 1.93 bits per heavy atom. The van der Waals surface area contributed by atoms with Gasteiger partial charge in [0.25, 0.3) is 5.69 Å². The van der Waals surface area contributed by atoms with Crippen LogP contribution < -0.4 is 0 Å². The van der Waals surface area contributed by atoms with Crippen LogP contribution in [-0.2, 0) is 0 Å². The fraction of sp³-hybridized carbons (Fsp3) is 0.0476. The minimum absolute atomic E-state index is 0.00628. The molecule has 0 saturated carbocycles. The van der Waals surface area contributed by atoms with Gasteiger partial charge in [-0.05, 0) is 11.6 Å². The molecule has 1 unspecified atom stereocenters. The van der Waals surface area contributed by atoms with Crippen molar-refractivity contribution in [3.63, 3.8) is 0 Å². The van der Waals surface area contributed by atoms with E-state index >= 15 is 0 Å². The van der Waals surface area contributed by atoms with Gasteiger partial charge in [0.15, 0.2) is 5.78 Å². The molecule has 0 aromatic heterocycles. The van der Waals surface area contributed by atoms with Gasteiger partial charge in [-0.1, -0.05) is 66.7 Å². The van der Waals surface area contributed by atoms with Gasteiger partial charge < -0.3 is 5.11 Å². The second kappa shape index (κ2) is 7.72. The number of para-hydroxylation sites is 1. The number of hydrogen-bond acceptors (Lipinski definition) is 5. The maximum absolute atomic E-state index is 12.9. The van der Waals surface area contributed by atoms with E-state index in [1.54, 1.807) is 42.5 Å². The topological polar surface area (TPSA) is 97.5 Å². The molecule has 3 aromatic carbocycles. The van der Waals surface area contributed by atoms with E-state index in [0.717, 1.165) is 0 Å². The summed E-state index contributed by atoms with van der Waals surface area (Å²) in [6.45, 7) is 0. The zero-order valence-corrected chi connectivity index (χ0v) is 14.1. The fourth-order valence-electron chi connectivity index (χ4n) is 2.80. The Labute approximate surface area is 154 Å². The van der Waals surface area contributed by atoms with Crippen LogP contribution in [0.2, 0.25) is 0 Å². The van der Waals surface area contributed by atoms with Gasteiger partial charge in [-0.25, -0.2) is 0 Å². The highest BCUT2D eigenvalue weighted by molar-refractivity contribution is 6.17. The lowest BCUT2D eigenvalue weighted by Crippen LogP contribution is -2.17. The number of Topliss-reactive ketones (excluding diaryl/α,β-unsaturated/α-hetero) is 1. The van der Waals surface area contributed by atoms with Crippen LogP contribution >= 0.6 is 0 Å². The van der Waals surface area contributed by atoms with Crippen molar-refractivity contribution in [2.45, 2.75) is 6.10 Å². The Bertz CT molecular complexity index is 1010. The zero-order chi connectivity index (χ0) is 19.4. The normalized spacial score (nSPS) is 11.6. The van der Waals surface area contributed by atoms with Gasteiger partial charge >= 0.3 is 0 Å². The molecular formula is C21H15NO5. The minimum atomic E-state index is -1.44. The third kappa shape index (κ3) is 3.65. The highest BCUT2D eigenvalue weighted by Crippen LogP contribution is 2.26. The summed E-state index contributed by atoms with van der Waals surface area (Å²) in [5, 5.41) is 21.6. The third-order valence-corrected chi connectivity index (χ3v) is 4.15. The lowest BCUT2D eigenvalue weighted by Gasteiger charge is -2.13. The predicted octanol–water partition coefficient (Wildman–Crippen LogP) is 3.74. The van der Waals surface area contributed by atoms with E-state index in [4.69, 9.17) is 0 Å². The van der Waals surface area contributed by atoms with E-state index in [1.807, 2.05) is 0 Å². The van der Waals surface area contributed by atoms with E-state index in [1.165, 1.54) is 36.4 Å². The van der Waals surface area contributed by atoms with Crippen LogP contribution in [0.3, 0.4) is 0 Å². The summed E-state index contributed by atoms with van der Waals surface area (Å²) < 4.78 is 0. The highest BCUT2D eigenvalue weighted by Gasteiger charge is 2.27. The first-order chi connectivity index (χ1) is 13.0. The van der Waals surface area contributed by atoms with Crippen molar-refractivity contribution in [3.05, 3.63) is 111 Å². The largest absolute Gasteiger partial charge is 0.380 e. The Morgan fingerprint density at radius 1 is 0.778 bits per heavy atom. The number of nitro benzene ring substituents is 1. The SMILES string of the molecule is O=C(c1ccccc1C(=O)C(O)c1ccccc1)c1ccccc1[N+](=O)[O-]. The van der Waals surface area contributed by atoms with Gasteiger partial charge in [-0.2, -0.15) is 0 Å². The monoisotopic (exact) mass is 361 g/mol. The van der Waals surface area contributed by atoms with Gasteiger partial charge in [-0.3, -0.25) is 19.7 Å². The summed E-state index contributed by atoms with van der Waals surface area (Å²) in [4.78, 5) is 36.3. The standard InChI is InChI=1S/C21H15NO5/c23-19(14-8-2-1-3-9-14)21(25)16-11-5-4-10-15(16)20(24)17-12-6-7-13-18(17)22(26)27/h1-13,19,23H. The molecule has 6 heteroatoms. The van der Waals surface area contributed by atoms with Crippen molar-refractivity contribution in [2.24, 2.45) is 0 Å². The number of nitro groups is 1. The number of aliphatic hydroxyl groups is 1. The molecule has 0 fully saturated rings. The number of rotatable bonds is 6. The van der Waals surface area contributed by atoms with Crippen LogP contribution in [0.25, 0.3) is 0 Å². The highest BCUT2D eigenvalue weighted by atomic mass is 16.6. The molecule has 0 heterocycles. The van der Waals surface area contributed by atoms with Crippen molar-refractivity contribution >= 4 is 17.3 Å². The molecule has 134 valence electrons. The van der Waals surface area contributed by atoms with Gasteiger partial charge in [0, 0.05) is 17.2 Å². The summed E-state index contributed by atoms with van der Waals surface area (Å²) in [5.74, 6) is -1.30. The quantitative estimate of drug-likeness (QED) is 0.410. The van der Waals surface area contributed by atoms with Crippen LogP contribution in [0.15, 0.2) is 78.9 Å². The molecule has 3 rings (SSSR count). The van der Waals surface area contributed by atoms with Crippen LogP contribution in [0.1, 0.15) is 37.9 Å². The Balaban J connectivity index is 2.03. The summed E-state index contributed by atoms with van der Waals surface area (Å²) in [6.07, 6.45) is -1.44. The second-order valence-electron chi connectivity index (χ2n) is 5.83. The third-order valence-electron chi connectivity index (χ3n) is 4.15. The van der Waals surface area contributed by atoms with E-state index in [2.05, 4.69) is 0 Å². The smallest absolute Gasteiger partial charge is 0.280 e. The summed E-state index contributed by atoms with van der Waals surface area (Å²) in [5.41, 5.74) is -0.0375. The Hall–Kier alpha value is -3.64. The first-order valence-electron chi connectivity index (χ1n) is 8.15. The number of benzene rings is 3. The number of nitrogens with zero attached hydrogens (tertiary/aromatic N) is 1. The second-order valence-corrected chi connectivity index (χ2v) is 5.83. The molecule has 0 aliphatic rings. The van der Waals surface area contributed by atoms with Gasteiger partial charge in [-0.15, -0.1) is 0 Å². The van der Waals surface area contributed by atoms with Crippen molar-refractivity contribution in [2.75, 3.05) is 0 Å². The van der Waals surface area contributed by atoms with E-state index in [9.17, 15) is 24.8 Å². The zero-order valence-electron chi connectivity index (χ0n) is 14.1. The van der Waals surface area contributed by atoms with Crippen LogP contribution in [-0.4, -0.2) is 21.6 Å². The van der Waals surface area contributed by atoms with Crippen LogP contribution in [0, 0.1) is 10.1 Å². The average molecular weight is 361 g/mol. The van der Waals surface area contributed by atoms with Gasteiger partial charge in [0.1, 0.15) is 11.7 Å². The first-order valence-corrected chi connectivity index (χ1v) is 8.15. The van der Waals surface area contributed by atoms with Crippen molar-refractivity contribution in [1.82, 2.24) is 0 Å². The van der Waals surface area contributed by atoms with Gasteiger partial charge in [0.2, 0.25) is 5.78 Å². The molecule has 3 aromatic rings. The predicted molar refractivity (Wildman–Crippen MR) is 98.7 cm³/mol. The molecule has 0 aliphatic carbocycles. The molecule has 0 amide bonds. The molecule has 0 radical (unpaired) electrons. The van der Waals surface area contributed by atoms with Crippen LogP contribution in [0.5, 0.6) is 0 Å². The van der Waals surface area contributed by atoms with Gasteiger partial charge in [0.05, 0.1) is 4.92 Å².